The minimum atomic E-state index is 0. The van der Waals surface area contributed by atoms with Crippen molar-refractivity contribution in [2.45, 2.75) is 98.3 Å². The second kappa shape index (κ2) is 9.46. The van der Waals surface area contributed by atoms with Crippen molar-refractivity contribution >= 4 is 5.78 Å². The number of Topliss-reactive ketones (excluding diaryl/α,β-unsaturated/α-hetero) is 1. The van der Waals surface area contributed by atoms with E-state index in [0.29, 0.717) is 18.6 Å². The van der Waals surface area contributed by atoms with E-state index in [2.05, 4.69) is 70.2 Å². The fourth-order valence-corrected chi connectivity index (χ4v) is 4.17. The maximum atomic E-state index is 11.3. The van der Waals surface area contributed by atoms with Crippen molar-refractivity contribution in [1.29, 1.82) is 0 Å². The highest BCUT2D eigenvalue weighted by molar-refractivity contribution is 5.82. The Bertz CT molecular complexity index is 958. The number of carbonyl (C=O) groups excluding carboxylic acids is 1. The van der Waals surface area contributed by atoms with Crippen molar-refractivity contribution in [1.82, 2.24) is 9.97 Å². The second-order valence-corrected chi connectivity index (χ2v) is 10.8. The largest absolute Gasteiger partial charge is 0.299 e. The molecule has 3 nitrogen and oxygen atoms in total. The van der Waals surface area contributed by atoms with Crippen LogP contribution in [0.5, 0.6) is 0 Å². The molecule has 2 aromatic heterocycles. The minimum absolute atomic E-state index is 0. The molecule has 0 amide bonds. The molecule has 0 spiro atoms. The quantitative estimate of drug-likeness (QED) is 0.457. The Hall–Kier alpha value is -2.29. The molecule has 0 radical (unpaired) electrons. The Labute approximate surface area is 189 Å². The molecule has 2 aromatic rings. The van der Waals surface area contributed by atoms with Gasteiger partial charge in [-0.25, -0.2) is 0 Å². The topological polar surface area (TPSA) is 42.9 Å². The highest BCUT2D eigenvalue weighted by Gasteiger charge is 2.23. The lowest BCUT2D eigenvalue weighted by molar-refractivity contribution is -0.118. The van der Waals surface area contributed by atoms with Gasteiger partial charge in [-0.1, -0.05) is 67.2 Å². The molecule has 0 N–H and O–H groups in total. The Morgan fingerprint density at radius 3 is 2.23 bits per heavy atom. The predicted molar refractivity (Wildman–Crippen MR) is 131 cm³/mol. The van der Waals surface area contributed by atoms with Crippen LogP contribution < -0.4 is 0 Å². The summed E-state index contributed by atoms with van der Waals surface area (Å²) in [6.45, 7) is 17.4. The molecule has 2 aliphatic rings. The standard InChI is InChI=1S/C14H19N.C13H17NO.CH4/c1-10-5-6-11-12(14(2,3)4)7-8-15-13(11)9-10;1-13(2,3)10-6-9-4-5-11(15)7-12(9)14-8-10;/h7-8H,1,5-6,9H2,2-4H3;6,8H,4-5,7H2,1-3H3;1H4. The summed E-state index contributed by atoms with van der Waals surface area (Å²) in [6.07, 6.45) is 9.15. The molecular formula is C28H40N2O. The van der Waals surface area contributed by atoms with Crippen LogP contribution in [0.4, 0.5) is 0 Å². The summed E-state index contributed by atoms with van der Waals surface area (Å²) in [6, 6.07) is 4.39. The van der Waals surface area contributed by atoms with Gasteiger partial charge in [0.15, 0.2) is 0 Å². The van der Waals surface area contributed by atoms with E-state index in [-0.39, 0.29) is 18.3 Å². The molecule has 4 rings (SSSR count). The Kier molecular flexibility index (Phi) is 7.62. The van der Waals surface area contributed by atoms with Gasteiger partial charge in [-0.3, -0.25) is 14.8 Å². The first-order valence-electron chi connectivity index (χ1n) is 11.1. The summed E-state index contributed by atoms with van der Waals surface area (Å²) in [5.74, 6) is 0.318. The molecule has 0 fully saturated rings. The van der Waals surface area contributed by atoms with Crippen molar-refractivity contribution in [2.75, 3.05) is 0 Å². The molecule has 0 saturated heterocycles. The molecular weight excluding hydrogens is 380 g/mol. The zero-order valence-corrected chi connectivity index (χ0v) is 19.6. The first-order valence-corrected chi connectivity index (χ1v) is 11.1. The average molecular weight is 421 g/mol. The predicted octanol–water partition coefficient (Wildman–Crippen LogP) is 6.50. The summed E-state index contributed by atoms with van der Waals surface area (Å²) in [5, 5.41) is 0. The summed E-state index contributed by atoms with van der Waals surface area (Å²) in [7, 11) is 0. The molecule has 168 valence electrons. The lowest BCUT2D eigenvalue weighted by Crippen LogP contribution is -2.19. The van der Waals surface area contributed by atoms with Crippen molar-refractivity contribution in [3.63, 3.8) is 0 Å². The van der Waals surface area contributed by atoms with Gasteiger partial charge in [0.25, 0.3) is 0 Å². The van der Waals surface area contributed by atoms with Crippen LogP contribution in [0.3, 0.4) is 0 Å². The Morgan fingerprint density at radius 1 is 0.871 bits per heavy atom. The smallest absolute Gasteiger partial charge is 0.139 e. The van der Waals surface area contributed by atoms with Gasteiger partial charge in [0.05, 0.1) is 5.69 Å². The van der Waals surface area contributed by atoms with E-state index in [1.165, 1.54) is 33.5 Å². The van der Waals surface area contributed by atoms with Gasteiger partial charge in [-0.05, 0) is 58.4 Å². The maximum Gasteiger partial charge on any atom is 0.139 e. The number of pyridine rings is 2. The molecule has 0 bridgehead atoms. The normalized spacial score (nSPS) is 15.8. The van der Waals surface area contributed by atoms with Crippen molar-refractivity contribution in [3.8, 4) is 0 Å². The average Bonchev–Trinajstić information content (AvgIpc) is 2.66. The summed E-state index contributed by atoms with van der Waals surface area (Å²) >= 11 is 0. The number of hydrogen-bond donors (Lipinski definition) is 0. The van der Waals surface area contributed by atoms with Crippen LogP contribution in [0.1, 0.15) is 95.5 Å². The van der Waals surface area contributed by atoms with Crippen LogP contribution in [0.25, 0.3) is 0 Å². The van der Waals surface area contributed by atoms with Crippen LogP contribution in [0.15, 0.2) is 36.7 Å². The molecule has 0 saturated carbocycles. The SMILES string of the molecule is C.C=C1CCc2c(C(C)(C)C)ccnc2C1.CC(C)(C)c1cnc2c(c1)CCC(=O)C2. The van der Waals surface area contributed by atoms with E-state index in [0.717, 1.165) is 31.4 Å². The number of ketones is 1. The molecule has 0 atom stereocenters. The van der Waals surface area contributed by atoms with Gasteiger partial charge in [0, 0.05) is 37.4 Å². The monoisotopic (exact) mass is 420 g/mol. The molecule has 0 unspecified atom stereocenters. The van der Waals surface area contributed by atoms with E-state index in [1.807, 2.05) is 12.4 Å². The van der Waals surface area contributed by atoms with Crippen LogP contribution in [0, 0.1) is 0 Å². The Balaban J connectivity index is 0.000000213. The number of hydrogen-bond acceptors (Lipinski definition) is 3. The lowest BCUT2D eigenvalue weighted by atomic mass is 9.79. The second-order valence-electron chi connectivity index (χ2n) is 10.8. The van der Waals surface area contributed by atoms with Crippen molar-refractivity contribution < 1.29 is 4.79 Å². The zero-order valence-electron chi connectivity index (χ0n) is 19.6. The van der Waals surface area contributed by atoms with E-state index in [1.54, 1.807) is 0 Å². The van der Waals surface area contributed by atoms with E-state index < -0.39 is 0 Å². The Morgan fingerprint density at radius 2 is 1.58 bits per heavy atom. The van der Waals surface area contributed by atoms with Crippen LogP contribution in [0.2, 0.25) is 0 Å². The van der Waals surface area contributed by atoms with E-state index >= 15 is 0 Å². The number of carbonyl (C=O) groups is 1. The van der Waals surface area contributed by atoms with E-state index in [4.69, 9.17) is 0 Å². The maximum absolute atomic E-state index is 11.3. The molecule has 0 aromatic carbocycles. The molecule has 2 heterocycles. The fraction of sp³-hybridized carbons (Fsp3) is 0.536. The van der Waals surface area contributed by atoms with Crippen LogP contribution in [-0.4, -0.2) is 15.8 Å². The van der Waals surface area contributed by atoms with Gasteiger partial charge in [-0.15, -0.1) is 0 Å². The number of aryl methyl sites for hydroxylation is 1. The number of fused-ring (bicyclic) bond motifs is 2. The molecule has 3 heteroatoms. The van der Waals surface area contributed by atoms with Gasteiger partial charge in [0.1, 0.15) is 5.78 Å². The third kappa shape index (κ3) is 6.12. The highest BCUT2D eigenvalue weighted by Crippen LogP contribution is 2.32. The van der Waals surface area contributed by atoms with Crippen LogP contribution >= 0.6 is 0 Å². The first-order chi connectivity index (χ1) is 13.9. The van der Waals surface area contributed by atoms with Gasteiger partial charge >= 0.3 is 0 Å². The number of nitrogens with zero attached hydrogens (tertiary/aromatic N) is 2. The number of allylic oxidation sites excluding steroid dienone is 1. The number of rotatable bonds is 0. The third-order valence-corrected chi connectivity index (χ3v) is 6.06. The minimum Gasteiger partial charge on any atom is -0.299 e. The summed E-state index contributed by atoms with van der Waals surface area (Å²) in [4.78, 5) is 20.2. The molecule has 31 heavy (non-hydrogen) atoms. The van der Waals surface area contributed by atoms with Crippen molar-refractivity contribution in [2.24, 2.45) is 0 Å². The van der Waals surface area contributed by atoms with Gasteiger partial charge < -0.3 is 0 Å². The van der Waals surface area contributed by atoms with E-state index in [9.17, 15) is 4.79 Å². The summed E-state index contributed by atoms with van der Waals surface area (Å²) < 4.78 is 0. The lowest BCUT2D eigenvalue weighted by Gasteiger charge is -2.27. The molecule has 0 aliphatic heterocycles. The first kappa shape index (κ1) is 25.0. The number of aromatic nitrogens is 2. The zero-order chi connectivity index (χ0) is 22.1. The highest BCUT2D eigenvalue weighted by atomic mass is 16.1. The third-order valence-electron chi connectivity index (χ3n) is 6.06. The summed E-state index contributed by atoms with van der Waals surface area (Å²) in [5.41, 5.74) is 9.38. The molecule has 2 aliphatic carbocycles. The fourth-order valence-electron chi connectivity index (χ4n) is 4.17. The van der Waals surface area contributed by atoms with Crippen LogP contribution in [-0.2, 0) is 41.3 Å². The van der Waals surface area contributed by atoms with Gasteiger partial charge in [-0.2, -0.15) is 0 Å². The van der Waals surface area contributed by atoms with Crippen molar-refractivity contribution in [3.05, 3.63) is 70.3 Å². The van der Waals surface area contributed by atoms with Gasteiger partial charge in [0.2, 0.25) is 0 Å².